The minimum absolute atomic E-state index is 0.0480. The summed E-state index contributed by atoms with van der Waals surface area (Å²) in [7, 11) is 0. The minimum Gasteiger partial charge on any atom is -0.381 e. The van der Waals surface area contributed by atoms with Crippen molar-refractivity contribution in [1.29, 1.82) is 0 Å². The van der Waals surface area contributed by atoms with Crippen molar-refractivity contribution in [2.45, 2.75) is 33.2 Å². The molecule has 0 unspecified atom stereocenters. The molecule has 0 saturated carbocycles. The lowest BCUT2D eigenvalue weighted by molar-refractivity contribution is -0.136. The van der Waals surface area contributed by atoms with Crippen LogP contribution in [0.5, 0.6) is 0 Å². The number of hydrogen-bond acceptors (Lipinski definition) is 5. The summed E-state index contributed by atoms with van der Waals surface area (Å²) in [5.41, 5.74) is 8.23. The Kier molecular flexibility index (Phi) is 4.42. The fraction of sp³-hybridized carbons (Fsp3) is 0.562. The van der Waals surface area contributed by atoms with Crippen LogP contribution >= 0.6 is 0 Å². The SMILES string of the molecule is Cc1nc2cc(=O)[nH]n2c(C)c1CNC(=O)C1(CN)CCOCC1. The molecule has 0 bridgehead atoms. The van der Waals surface area contributed by atoms with E-state index in [9.17, 15) is 9.59 Å². The van der Waals surface area contributed by atoms with E-state index in [0.29, 0.717) is 44.8 Å². The average molecular weight is 333 g/mol. The number of aromatic nitrogens is 3. The second kappa shape index (κ2) is 6.37. The summed E-state index contributed by atoms with van der Waals surface area (Å²) in [5.74, 6) is -0.0480. The average Bonchev–Trinajstić information content (AvgIpc) is 2.95. The maximum atomic E-state index is 12.7. The summed E-state index contributed by atoms with van der Waals surface area (Å²) < 4.78 is 6.99. The van der Waals surface area contributed by atoms with E-state index < -0.39 is 5.41 Å². The molecular weight excluding hydrogens is 310 g/mol. The summed E-state index contributed by atoms with van der Waals surface area (Å²) in [6, 6.07) is 1.45. The van der Waals surface area contributed by atoms with Crippen molar-refractivity contribution in [3.63, 3.8) is 0 Å². The Morgan fingerprint density at radius 3 is 2.83 bits per heavy atom. The number of nitrogens with one attached hydrogen (secondary N) is 2. The van der Waals surface area contributed by atoms with Crippen LogP contribution in [0.2, 0.25) is 0 Å². The fourth-order valence-corrected chi connectivity index (χ4v) is 3.25. The van der Waals surface area contributed by atoms with Crippen molar-refractivity contribution in [2.75, 3.05) is 19.8 Å². The number of carbonyl (C=O) groups is 1. The highest BCUT2D eigenvalue weighted by Gasteiger charge is 2.38. The Bertz CT molecular complexity index is 817. The van der Waals surface area contributed by atoms with Gasteiger partial charge in [0.25, 0.3) is 5.56 Å². The van der Waals surface area contributed by atoms with Gasteiger partial charge in [-0.2, -0.15) is 0 Å². The van der Waals surface area contributed by atoms with Crippen molar-refractivity contribution in [3.8, 4) is 0 Å². The van der Waals surface area contributed by atoms with E-state index in [1.54, 1.807) is 4.52 Å². The van der Waals surface area contributed by atoms with Gasteiger partial charge in [0, 0.05) is 49.3 Å². The number of ether oxygens (including phenoxy) is 1. The molecule has 0 aromatic carbocycles. The number of nitrogens with zero attached hydrogens (tertiary/aromatic N) is 2. The number of hydrogen-bond donors (Lipinski definition) is 3. The Balaban J connectivity index is 1.82. The molecule has 0 spiro atoms. The summed E-state index contributed by atoms with van der Waals surface area (Å²) in [6.45, 7) is 5.54. The zero-order valence-corrected chi connectivity index (χ0v) is 14.0. The fourth-order valence-electron chi connectivity index (χ4n) is 3.25. The topological polar surface area (TPSA) is 115 Å². The lowest BCUT2D eigenvalue weighted by Crippen LogP contribution is -2.49. The highest BCUT2D eigenvalue weighted by molar-refractivity contribution is 5.83. The van der Waals surface area contributed by atoms with E-state index >= 15 is 0 Å². The Labute approximate surface area is 139 Å². The maximum Gasteiger partial charge on any atom is 0.266 e. The van der Waals surface area contributed by atoms with Crippen LogP contribution in [0.1, 0.15) is 29.8 Å². The van der Waals surface area contributed by atoms with Gasteiger partial charge in [-0.05, 0) is 26.7 Å². The lowest BCUT2D eigenvalue weighted by atomic mass is 9.79. The van der Waals surface area contributed by atoms with Gasteiger partial charge in [0.15, 0.2) is 5.65 Å². The predicted molar refractivity (Wildman–Crippen MR) is 88.7 cm³/mol. The first-order valence-corrected chi connectivity index (χ1v) is 8.11. The van der Waals surface area contributed by atoms with E-state index in [1.165, 1.54) is 6.07 Å². The van der Waals surface area contributed by atoms with Gasteiger partial charge in [0.2, 0.25) is 5.91 Å². The summed E-state index contributed by atoms with van der Waals surface area (Å²) in [4.78, 5) is 28.6. The van der Waals surface area contributed by atoms with Crippen LogP contribution in [-0.4, -0.2) is 40.3 Å². The molecule has 1 aliphatic heterocycles. The highest BCUT2D eigenvalue weighted by atomic mass is 16.5. The van der Waals surface area contributed by atoms with Crippen LogP contribution < -0.4 is 16.6 Å². The molecule has 130 valence electrons. The number of carbonyl (C=O) groups excluding carboxylic acids is 1. The first-order chi connectivity index (χ1) is 11.5. The second-order valence-electron chi connectivity index (χ2n) is 6.35. The largest absolute Gasteiger partial charge is 0.381 e. The number of fused-ring (bicyclic) bond motifs is 1. The molecule has 0 atom stereocenters. The molecule has 0 radical (unpaired) electrons. The van der Waals surface area contributed by atoms with Crippen molar-refractivity contribution < 1.29 is 9.53 Å². The highest BCUT2D eigenvalue weighted by Crippen LogP contribution is 2.29. The molecule has 3 heterocycles. The molecule has 1 saturated heterocycles. The van der Waals surface area contributed by atoms with Crippen molar-refractivity contribution >= 4 is 11.6 Å². The van der Waals surface area contributed by atoms with Crippen LogP contribution in [0.4, 0.5) is 0 Å². The molecular formula is C16H23N5O3. The van der Waals surface area contributed by atoms with Crippen LogP contribution in [0, 0.1) is 19.3 Å². The van der Waals surface area contributed by atoms with E-state index in [4.69, 9.17) is 10.5 Å². The zero-order chi connectivity index (χ0) is 17.3. The maximum absolute atomic E-state index is 12.7. The molecule has 4 N–H and O–H groups in total. The number of nitrogens with two attached hydrogens (primary N) is 1. The molecule has 1 aliphatic rings. The summed E-state index contributed by atoms with van der Waals surface area (Å²) >= 11 is 0. The van der Waals surface area contributed by atoms with Crippen molar-refractivity contribution in [1.82, 2.24) is 19.9 Å². The normalized spacial score (nSPS) is 17.1. The molecule has 8 nitrogen and oxygen atoms in total. The van der Waals surface area contributed by atoms with E-state index in [2.05, 4.69) is 15.4 Å². The molecule has 3 rings (SSSR count). The standard InChI is InChI=1S/C16H23N5O3/c1-10-12(11(2)21-13(19-10)7-14(22)20-21)8-18-15(23)16(9-17)3-5-24-6-4-16/h7H,3-6,8-9,17H2,1-2H3,(H,18,23)(H,20,22). The third-order valence-corrected chi connectivity index (χ3v) is 4.95. The minimum atomic E-state index is -0.556. The van der Waals surface area contributed by atoms with Gasteiger partial charge in [-0.3, -0.25) is 14.7 Å². The third kappa shape index (κ3) is 2.83. The Hall–Kier alpha value is -2.19. The van der Waals surface area contributed by atoms with Gasteiger partial charge in [-0.25, -0.2) is 9.50 Å². The quantitative estimate of drug-likeness (QED) is 0.729. The molecule has 24 heavy (non-hydrogen) atoms. The van der Waals surface area contributed by atoms with Crippen molar-refractivity contribution in [3.05, 3.63) is 33.4 Å². The van der Waals surface area contributed by atoms with E-state index in [-0.39, 0.29) is 11.5 Å². The third-order valence-electron chi connectivity index (χ3n) is 4.95. The molecule has 2 aromatic rings. The van der Waals surface area contributed by atoms with Gasteiger partial charge >= 0.3 is 0 Å². The van der Waals surface area contributed by atoms with Gasteiger partial charge in [-0.15, -0.1) is 0 Å². The number of H-pyrrole nitrogens is 1. The number of amides is 1. The van der Waals surface area contributed by atoms with Crippen LogP contribution in [0.15, 0.2) is 10.9 Å². The second-order valence-corrected chi connectivity index (χ2v) is 6.35. The van der Waals surface area contributed by atoms with E-state index in [0.717, 1.165) is 17.0 Å². The van der Waals surface area contributed by atoms with E-state index in [1.807, 2.05) is 13.8 Å². The molecule has 1 amide bonds. The number of aryl methyl sites for hydroxylation is 2. The first-order valence-electron chi connectivity index (χ1n) is 8.11. The monoisotopic (exact) mass is 333 g/mol. The smallest absolute Gasteiger partial charge is 0.266 e. The van der Waals surface area contributed by atoms with Crippen molar-refractivity contribution in [2.24, 2.45) is 11.1 Å². The summed E-state index contributed by atoms with van der Waals surface area (Å²) in [5, 5.41) is 5.71. The molecule has 8 heteroatoms. The number of aromatic amines is 1. The predicted octanol–water partition coefficient (Wildman–Crippen LogP) is 0.0111. The van der Waals surface area contributed by atoms with Crippen LogP contribution in [-0.2, 0) is 16.1 Å². The Morgan fingerprint density at radius 1 is 1.46 bits per heavy atom. The lowest BCUT2D eigenvalue weighted by Gasteiger charge is -2.34. The Morgan fingerprint density at radius 2 is 2.17 bits per heavy atom. The van der Waals surface area contributed by atoms with Crippen LogP contribution in [0.25, 0.3) is 5.65 Å². The van der Waals surface area contributed by atoms with Crippen LogP contribution in [0.3, 0.4) is 0 Å². The zero-order valence-electron chi connectivity index (χ0n) is 14.0. The number of rotatable bonds is 4. The molecule has 2 aromatic heterocycles. The van der Waals surface area contributed by atoms with Gasteiger partial charge in [-0.1, -0.05) is 0 Å². The summed E-state index contributed by atoms with van der Waals surface area (Å²) in [6.07, 6.45) is 1.27. The first kappa shape index (κ1) is 16.7. The molecule has 1 fully saturated rings. The van der Waals surface area contributed by atoms with Gasteiger partial charge in [0.1, 0.15) is 0 Å². The van der Waals surface area contributed by atoms with Gasteiger partial charge in [0.05, 0.1) is 5.41 Å². The molecule has 0 aliphatic carbocycles. The van der Waals surface area contributed by atoms with Gasteiger partial charge < -0.3 is 15.8 Å².